The molecule has 3 rings (SSSR count). The number of carbonyl (C=O) groups excluding carboxylic acids is 1. The lowest BCUT2D eigenvalue weighted by molar-refractivity contribution is -0.110. The number of anilines is 1. The van der Waals surface area contributed by atoms with Crippen LogP contribution in [0, 0.1) is 19.7 Å². The molecule has 0 fully saturated rings. The Labute approximate surface area is 124 Å². The second kappa shape index (κ2) is 4.80. The number of pyridine rings is 1. The second-order valence-corrected chi connectivity index (χ2v) is 5.03. The van der Waals surface area contributed by atoms with E-state index in [1.807, 2.05) is 0 Å². The fraction of sp³-hybridized carbons (Fsp3) is 0.133. The minimum absolute atomic E-state index is 0.169. The number of halogens is 1. The molecule has 3 heterocycles. The van der Waals surface area contributed by atoms with Crippen LogP contribution in [-0.2, 0) is 4.79 Å². The first-order valence-corrected chi connectivity index (χ1v) is 6.50. The Hall–Kier alpha value is -2.96. The maximum atomic E-state index is 13.3. The topological polar surface area (TPSA) is 95.1 Å². The summed E-state index contributed by atoms with van der Waals surface area (Å²) in [5, 5.41) is 11.7. The summed E-state index contributed by atoms with van der Waals surface area (Å²) >= 11 is 0. The number of nitrogens with one attached hydrogen (secondary N) is 2. The van der Waals surface area contributed by atoms with E-state index in [0.717, 1.165) is 6.20 Å². The van der Waals surface area contributed by atoms with E-state index in [2.05, 4.69) is 15.3 Å². The van der Waals surface area contributed by atoms with Gasteiger partial charge in [0.05, 0.1) is 17.3 Å². The molecule has 0 spiro atoms. The highest BCUT2D eigenvalue weighted by Crippen LogP contribution is 2.32. The van der Waals surface area contributed by atoms with E-state index in [9.17, 15) is 19.1 Å². The number of carboxylic acids is 1. The van der Waals surface area contributed by atoms with Crippen LogP contribution in [0.25, 0.3) is 11.6 Å². The van der Waals surface area contributed by atoms with Gasteiger partial charge in [-0.1, -0.05) is 0 Å². The summed E-state index contributed by atoms with van der Waals surface area (Å²) in [6, 6.07) is 1.22. The van der Waals surface area contributed by atoms with Crippen molar-refractivity contribution < 1.29 is 19.1 Å². The standard InChI is InChI=1S/C15H12FN3O3/c1-6-11(18-7(2)12(6)15(21)22)4-10-9-3-8(16)5-17-13(9)19-14(10)20/h3-5,18H,1-2H3,(H,21,22)(H,17,19,20)/b10-4-. The lowest BCUT2D eigenvalue weighted by atomic mass is 10.1. The summed E-state index contributed by atoms with van der Waals surface area (Å²) < 4.78 is 13.3. The Bertz CT molecular complexity index is 852. The fourth-order valence-electron chi connectivity index (χ4n) is 2.57. The largest absolute Gasteiger partial charge is 0.478 e. The predicted octanol–water partition coefficient (Wildman–Crippen LogP) is 2.36. The van der Waals surface area contributed by atoms with Crippen molar-refractivity contribution in [3.8, 4) is 0 Å². The van der Waals surface area contributed by atoms with E-state index in [-0.39, 0.29) is 17.0 Å². The molecule has 2 aromatic rings. The van der Waals surface area contributed by atoms with Gasteiger partial charge in [0.25, 0.3) is 5.91 Å². The summed E-state index contributed by atoms with van der Waals surface area (Å²) in [6.07, 6.45) is 2.53. The number of aryl methyl sites for hydroxylation is 1. The minimum atomic E-state index is -1.04. The summed E-state index contributed by atoms with van der Waals surface area (Å²) in [4.78, 5) is 30.0. The van der Waals surface area contributed by atoms with Gasteiger partial charge in [-0.2, -0.15) is 0 Å². The molecule has 22 heavy (non-hydrogen) atoms. The zero-order valence-corrected chi connectivity index (χ0v) is 11.8. The number of carbonyl (C=O) groups is 2. The van der Waals surface area contributed by atoms with E-state index >= 15 is 0 Å². The molecule has 0 aliphatic carbocycles. The molecule has 0 radical (unpaired) electrons. The second-order valence-electron chi connectivity index (χ2n) is 5.03. The number of nitrogens with zero attached hydrogens (tertiary/aromatic N) is 1. The molecule has 3 N–H and O–H groups in total. The molecule has 6 nitrogen and oxygen atoms in total. The molecule has 112 valence electrons. The number of hydrogen-bond donors (Lipinski definition) is 3. The molecule has 1 aliphatic heterocycles. The third-order valence-electron chi connectivity index (χ3n) is 3.60. The fourth-order valence-corrected chi connectivity index (χ4v) is 2.57. The average Bonchev–Trinajstić information content (AvgIpc) is 2.88. The molecule has 0 saturated heterocycles. The van der Waals surface area contributed by atoms with Crippen LogP contribution in [-0.4, -0.2) is 27.0 Å². The first-order chi connectivity index (χ1) is 10.4. The molecular formula is C15H12FN3O3. The van der Waals surface area contributed by atoms with Crippen molar-refractivity contribution in [2.24, 2.45) is 0 Å². The number of aromatic amines is 1. The Morgan fingerprint density at radius 1 is 1.41 bits per heavy atom. The van der Waals surface area contributed by atoms with Crippen molar-refractivity contribution in [2.45, 2.75) is 13.8 Å². The molecule has 0 unspecified atom stereocenters. The van der Waals surface area contributed by atoms with Crippen LogP contribution in [0.4, 0.5) is 10.2 Å². The highest BCUT2D eigenvalue weighted by Gasteiger charge is 2.27. The normalized spacial score (nSPS) is 15.0. The first kappa shape index (κ1) is 14.0. The number of fused-ring (bicyclic) bond motifs is 1. The van der Waals surface area contributed by atoms with E-state index in [1.54, 1.807) is 13.8 Å². The van der Waals surface area contributed by atoms with Gasteiger partial charge in [0.2, 0.25) is 0 Å². The molecule has 0 bridgehead atoms. The Balaban J connectivity index is 2.15. The van der Waals surface area contributed by atoms with Crippen LogP contribution >= 0.6 is 0 Å². The molecule has 1 aliphatic rings. The quantitative estimate of drug-likeness (QED) is 0.742. The number of H-pyrrole nitrogens is 1. The molecule has 1 amide bonds. The third kappa shape index (κ3) is 2.07. The van der Waals surface area contributed by atoms with Gasteiger partial charge in [-0.05, 0) is 31.6 Å². The SMILES string of the molecule is Cc1[nH]c(/C=C2\C(=O)Nc3ncc(F)cc32)c(C)c1C(=O)O. The van der Waals surface area contributed by atoms with Gasteiger partial charge in [0, 0.05) is 17.0 Å². The summed E-state index contributed by atoms with van der Waals surface area (Å²) in [7, 11) is 0. The van der Waals surface area contributed by atoms with Crippen molar-refractivity contribution in [3.05, 3.63) is 46.2 Å². The van der Waals surface area contributed by atoms with Crippen LogP contribution in [0.2, 0.25) is 0 Å². The van der Waals surface area contributed by atoms with Gasteiger partial charge in [0.15, 0.2) is 0 Å². The van der Waals surface area contributed by atoms with Crippen LogP contribution in [0.1, 0.15) is 32.9 Å². The predicted molar refractivity (Wildman–Crippen MR) is 77.9 cm³/mol. The highest BCUT2D eigenvalue weighted by atomic mass is 19.1. The zero-order chi connectivity index (χ0) is 16.0. The molecule has 7 heteroatoms. The van der Waals surface area contributed by atoms with Crippen LogP contribution < -0.4 is 5.32 Å². The molecular weight excluding hydrogens is 289 g/mol. The van der Waals surface area contributed by atoms with Gasteiger partial charge < -0.3 is 15.4 Å². The smallest absolute Gasteiger partial charge is 0.337 e. The van der Waals surface area contributed by atoms with Crippen LogP contribution in [0.5, 0.6) is 0 Å². The van der Waals surface area contributed by atoms with Crippen molar-refractivity contribution in [3.63, 3.8) is 0 Å². The molecule has 0 aromatic carbocycles. The van der Waals surface area contributed by atoms with Gasteiger partial charge >= 0.3 is 5.97 Å². The maximum Gasteiger partial charge on any atom is 0.337 e. The summed E-state index contributed by atoms with van der Waals surface area (Å²) in [6.45, 7) is 3.29. The zero-order valence-electron chi connectivity index (χ0n) is 11.8. The Kier molecular flexibility index (Phi) is 3.05. The third-order valence-corrected chi connectivity index (χ3v) is 3.60. The lowest BCUT2D eigenvalue weighted by Gasteiger charge is -1.98. The number of aromatic carboxylic acids is 1. The summed E-state index contributed by atoms with van der Waals surface area (Å²) in [5.74, 6) is -1.71. The number of aromatic nitrogens is 2. The monoisotopic (exact) mass is 301 g/mol. The first-order valence-electron chi connectivity index (χ1n) is 6.50. The number of carboxylic acid groups (broad SMARTS) is 1. The highest BCUT2D eigenvalue weighted by molar-refractivity contribution is 6.34. The Morgan fingerprint density at radius 2 is 2.14 bits per heavy atom. The molecule has 2 aromatic heterocycles. The van der Waals surface area contributed by atoms with E-state index < -0.39 is 17.7 Å². The van der Waals surface area contributed by atoms with Crippen molar-refractivity contribution in [1.29, 1.82) is 0 Å². The van der Waals surface area contributed by atoms with Crippen molar-refractivity contribution in [2.75, 3.05) is 5.32 Å². The Morgan fingerprint density at radius 3 is 2.77 bits per heavy atom. The number of hydrogen-bond acceptors (Lipinski definition) is 3. The van der Waals surface area contributed by atoms with Crippen molar-refractivity contribution in [1.82, 2.24) is 9.97 Å². The molecule has 0 atom stereocenters. The van der Waals surface area contributed by atoms with Gasteiger partial charge in [-0.3, -0.25) is 4.79 Å². The average molecular weight is 301 g/mol. The summed E-state index contributed by atoms with van der Waals surface area (Å²) in [5.41, 5.74) is 2.27. The van der Waals surface area contributed by atoms with Gasteiger partial charge in [-0.15, -0.1) is 0 Å². The van der Waals surface area contributed by atoms with Gasteiger partial charge in [0.1, 0.15) is 11.6 Å². The van der Waals surface area contributed by atoms with Crippen LogP contribution in [0.3, 0.4) is 0 Å². The number of amides is 1. The molecule has 0 saturated carbocycles. The van der Waals surface area contributed by atoms with E-state index in [0.29, 0.717) is 22.5 Å². The minimum Gasteiger partial charge on any atom is -0.478 e. The van der Waals surface area contributed by atoms with Crippen LogP contribution in [0.15, 0.2) is 12.3 Å². The van der Waals surface area contributed by atoms with E-state index in [4.69, 9.17) is 0 Å². The van der Waals surface area contributed by atoms with Crippen molar-refractivity contribution >= 4 is 29.3 Å². The maximum absolute atomic E-state index is 13.3. The van der Waals surface area contributed by atoms with Gasteiger partial charge in [-0.25, -0.2) is 14.2 Å². The number of rotatable bonds is 2. The lowest BCUT2D eigenvalue weighted by Crippen LogP contribution is -2.04. The van der Waals surface area contributed by atoms with E-state index in [1.165, 1.54) is 12.1 Å².